The van der Waals surface area contributed by atoms with Crippen LogP contribution >= 0.6 is 15.9 Å². The highest BCUT2D eigenvalue weighted by atomic mass is 79.9. The van der Waals surface area contributed by atoms with Crippen molar-refractivity contribution < 1.29 is 4.39 Å². The molecular formula is C15H10BrFN2. The molecular weight excluding hydrogens is 307 g/mol. The Bertz CT molecular complexity index is 704. The van der Waals surface area contributed by atoms with Gasteiger partial charge in [0.15, 0.2) is 0 Å². The molecule has 94 valence electrons. The van der Waals surface area contributed by atoms with Crippen molar-refractivity contribution in [3.05, 3.63) is 71.2 Å². The first-order chi connectivity index (χ1) is 9.24. The highest BCUT2D eigenvalue weighted by molar-refractivity contribution is 9.10. The van der Waals surface area contributed by atoms with Gasteiger partial charge in [-0.1, -0.05) is 40.2 Å². The van der Waals surface area contributed by atoms with Gasteiger partial charge in [0.05, 0.1) is 6.20 Å². The van der Waals surface area contributed by atoms with Crippen LogP contribution in [0.1, 0.15) is 0 Å². The van der Waals surface area contributed by atoms with Crippen molar-refractivity contribution in [3.8, 4) is 16.8 Å². The van der Waals surface area contributed by atoms with E-state index in [2.05, 4.69) is 21.0 Å². The van der Waals surface area contributed by atoms with Crippen LogP contribution in [0.15, 0.2) is 65.4 Å². The van der Waals surface area contributed by atoms with E-state index in [4.69, 9.17) is 0 Å². The van der Waals surface area contributed by atoms with E-state index >= 15 is 0 Å². The molecule has 0 aliphatic heterocycles. The van der Waals surface area contributed by atoms with Gasteiger partial charge >= 0.3 is 0 Å². The van der Waals surface area contributed by atoms with Gasteiger partial charge in [0.2, 0.25) is 0 Å². The highest BCUT2D eigenvalue weighted by Crippen LogP contribution is 2.22. The predicted molar refractivity (Wildman–Crippen MR) is 76.7 cm³/mol. The summed E-state index contributed by atoms with van der Waals surface area (Å²) in [5.41, 5.74) is 2.45. The number of benzene rings is 2. The Labute approximate surface area is 118 Å². The Morgan fingerprint density at radius 3 is 2.42 bits per heavy atom. The van der Waals surface area contributed by atoms with Crippen molar-refractivity contribution in [2.45, 2.75) is 0 Å². The fraction of sp³-hybridized carbons (Fsp3) is 0. The molecule has 1 heterocycles. The fourth-order valence-corrected chi connectivity index (χ4v) is 2.15. The molecule has 0 amide bonds. The first-order valence-corrected chi connectivity index (χ1v) is 6.59. The summed E-state index contributed by atoms with van der Waals surface area (Å²) in [6.45, 7) is 0. The third-order valence-electron chi connectivity index (χ3n) is 2.86. The van der Waals surface area contributed by atoms with Crippen molar-refractivity contribution in [3.63, 3.8) is 0 Å². The Kier molecular flexibility index (Phi) is 3.17. The second-order valence-corrected chi connectivity index (χ2v) is 5.05. The predicted octanol–water partition coefficient (Wildman–Crippen LogP) is 4.44. The van der Waals surface area contributed by atoms with Gasteiger partial charge in [-0.2, -0.15) is 5.10 Å². The number of hydrogen-bond donors (Lipinski definition) is 0. The van der Waals surface area contributed by atoms with Gasteiger partial charge in [0, 0.05) is 16.2 Å². The summed E-state index contributed by atoms with van der Waals surface area (Å²) in [6.07, 6.45) is 3.55. The topological polar surface area (TPSA) is 17.8 Å². The average molecular weight is 317 g/mol. The second-order valence-electron chi connectivity index (χ2n) is 4.13. The Hall–Kier alpha value is -1.94. The molecule has 2 aromatic carbocycles. The summed E-state index contributed by atoms with van der Waals surface area (Å²) in [5, 5.41) is 4.21. The van der Waals surface area contributed by atoms with E-state index in [1.807, 2.05) is 30.5 Å². The molecule has 0 saturated carbocycles. The summed E-state index contributed by atoms with van der Waals surface area (Å²) < 4.78 is 16.2. The van der Waals surface area contributed by atoms with E-state index in [1.54, 1.807) is 29.1 Å². The van der Waals surface area contributed by atoms with Crippen molar-refractivity contribution in [1.82, 2.24) is 9.78 Å². The first-order valence-electron chi connectivity index (χ1n) is 5.79. The van der Waals surface area contributed by atoms with Crippen molar-refractivity contribution in [1.29, 1.82) is 0 Å². The molecule has 0 aliphatic rings. The molecule has 0 radical (unpaired) electrons. The zero-order valence-corrected chi connectivity index (χ0v) is 11.5. The van der Waals surface area contributed by atoms with Crippen LogP contribution in [0.3, 0.4) is 0 Å². The van der Waals surface area contributed by atoms with Gasteiger partial charge in [-0.3, -0.25) is 0 Å². The molecule has 1 aromatic heterocycles. The number of nitrogens with zero attached hydrogens (tertiary/aromatic N) is 2. The summed E-state index contributed by atoms with van der Waals surface area (Å²) in [5.74, 6) is -0.284. The quantitative estimate of drug-likeness (QED) is 0.683. The molecule has 0 N–H and O–H groups in total. The lowest BCUT2D eigenvalue weighted by atomic mass is 10.1. The highest BCUT2D eigenvalue weighted by Gasteiger charge is 2.06. The number of rotatable bonds is 2. The molecule has 0 saturated heterocycles. The number of para-hydroxylation sites is 1. The van der Waals surface area contributed by atoms with Gasteiger partial charge in [0.25, 0.3) is 0 Å². The molecule has 2 nitrogen and oxygen atoms in total. The molecule has 19 heavy (non-hydrogen) atoms. The summed E-state index contributed by atoms with van der Waals surface area (Å²) in [4.78, 5) is 0. The summed E-state index contributed by atoms with van der Waals surface area (Å²) >= 11 is 3.40. The molecule has 3 rings (SSSR count). The van der Waals surface area contributed by atoms with Crippen molar-refractivity contribution in [2.24, 2.45) is 0 Å². The lowest BCUT2D eigenvalue weighted by molar-refractivity contribution is 0.611. The van der Waals surface area contributed by atoms with E-state index in [0.717, 1.165) is 15.6 Å². The molecule has 3 aromatic rings. The zero-order chi connectivity index (χ0) is 13.2. The lowest BCUT2D eigenvalue weighted by Crippen LogP contribution is -1.96. The van der Waals surface area contributed by atoms with Crippen LogP contribution in [0, 0.1) is 5.82 Å². The average Bonchev–Trinajstić information content (AvgIpc) is 2.89. The largest absolute Gasteiger partial charge is 0.237 e. The van der Waals surface area contributed by atoms with Crippen LogP contribution < -0.4 is 0 Å². The van der Waals surface area contributed by atoms with Gasteiger partial charge in [-0.25, -0.2) is 9.07 Å². The summed E-state index contributed by atoms with van der Waals surface area (Å²) in [6, 6.07) is 14.5. The molecule has 0 fully saturated rings. The van der Waals surface area contributed by atoms with Crippen molar-refractivity contribution >= 4 is 15.9 Å². The maximum Gasteiger partial charge on any atom is 0.148 e. The second kappa shape index (κ2) is 4.97. The van der Waals surface area contributed by atoms with E-state index in [-0.39, 0.29) is 5.82 Å². The molecule has 0 unspecified atom stereocenters. The SMILES string of the molecule is Fc1ccccc1-n1cc(-c2ccc(Br)cc2)cn1. The van der Waals surface area contributed by atoms with Crippen LogP contribution in [0.5, 0.6) is 0 Å². The molecule has 0 aliphatic carbocycles. The normalized spacial score (nSPS) is 10.6. The van der Waals surface area contributed by atoms with Gasteiger partial charge in [-0.05, 0) is 29.8 Å². The number of hydrogen-bond acceptors (Lipinski definition) is 1. The summed E-state index contributed by atoms with van der Waals surface area (Å²) in [7, 11) is 0. The smallest absolute Gasteiger partial charge is 0.148 e. The fourth-order valence-electron chi connectivity index (χ4n) is 1.88. The molecule has 0 atom stereocenters. The van der Waals surface area contributed by atoms with E-state index in [1.165, 1.54) is 6.07 Å². The van der Waals surface area contributed by atoms with Crippen molar-refractivity contribution in [2.75, 3.05) is 0 Å². The Morgan fingerprint density at radius 2 is 1.68 bits per heavy atom. The van der Waals surface area contributed by atoms with Gasteiger partial charge in [-0.15, -0.1) is 0 Å². The molecule has 0 bridgehead atoms. The van der Waals surface area contributed by atoms with E-state index in [9.17, 15) is 4.39 Å². The monoisotopic (exact) mass is 316 g/mol. The Morgan fingerprint density at radius 1 is 0.947 bits per heavy atom. The van der Waals surface area contributed by atoms with E-state index < -0.39 is 0 Å². The standard InChI is InChI=1S/C15H10BrFN2/c16-13-7-5-11(6-8-13)12-9-18-19(10-12)15-4-2-1-3-14(15)17/h1-10H. The maximum absolute atomic E-state index is 13.7. The minimum absolute atomic E-state index is 0.284. The lowest BCUT2D eigenvalue weighted by Gasteiger charge is -2.01. The third kappa shape index (κ3) is 2.44. The van der Waals surface area contributed by atoms with Crippen LogP contribution in [0.2, 0.25) is 0 Å². The zero-order valence-electron chi connectivity index (χ0n) is 9.92. The number of aromatic nitrogens is 2. The van der Waals surface area contributed by atoms with Crippen LogP contribution in [0.4, 0.5) is 4.39 Å². The van der Waals surface area contributed by atoms with E-state index in [0.29, 0.717) is 5.69 Å². The van der Waals surface area contributed by atoms with Crippen LogP contribution in [-0.2, 0) is 0 Å². The number of halogens is 2. The van der Waals surface area contributed by atoms with Gasteiger partial charge in [0.1, 0.15) is 11.5 Å². The third-order valence-corrected chi connectivity index (χ3v) is 3.39. The maximum atomic E-state index is 13.7. The Balaban J connectivity index is 2.00. The first kappa shape index (κ1) is 12.1. The van der Waals surface area contributed by atoms with Gasteiger partial charge < -0.3 is 0 Å². The van der Waals surface area contributed by atoms with Crippen LogP contribution in [-0.4, -0.2) is 9.78 Å². The minimum Gasteiger partial charge on any atom is -0.237 e. The molecule has 4 heteroatoms. The minimum atomic E-state index is -0.284. The molecule has 0 spiro atoms. The van der Waals surface area contributed by atoms with Crippen LogP contribution in [0.25, 0.3) is 16.8 Å².